The number of fused-ring (bicyclic) bond motifs is 1. The third-order valence-electron chi connectivity index (χ3n) is 3.22. The first-order chi connectivity index (χ1) is 8.47. The average Bonchev–Trinajstić information content (AvgIpc) is 2.27. The van der Waals surface area contributed by atoms with Crippen molar-refractivity contribution in [3.05, 3.63) is 23.4 Å². The summed E-state index contributed by atoms with van der Waals surface area (Å²) in [6.07, 6.45) is 3.19. The van der Waals surface area contributed by atoms with Gasteiger partial charge in [-0.2, -0.15) is 0 Å². The van der Waals surface area contributed by atoms with E-state index in [1.165, 1.54) is 6.08 Å². The molecule has 2 N–H and O–H groups in total. The van der Waals surface area contributed by atoms with Crippen LogP contribution in [0.4, 0.5) is 0 Å². The van der Waals surface area contributed by atoms with E-state index in [1.54, 1.807) is 17.9 Å². The van der Waals surface area contributed by atoms with Crippen LogP contribution >= 0.6 is 0 Å². The Morgan fingerprint density at radius 3 is 3.00 bits per heavy atom. The van der Waals surface area contributed by atoms with Gasteiger partial charge in [0.25, 0.3) is 0 Å². The minimum Gasteiger partial charge on any atom is -0.389 e. The lowest BCUT2D eigenvalue weighted by Crippen LogP contribution is -2.55. The predicted octanol–water partition coefficient (Wildman–Crippen LogP) is 0.318. The molecule has 0 saturated carbocycles. The van der Waals surface area contributed by atoms with Gasteiger partial charge in [0.05, 0.1) is 6.10 Å². The number of nitrogens with one attached hydrogen (secondary N) is 1. The van der Waals surface area contributed by atoms with E-state index in [1.807, 2.05) is 6.92 Å². The highest BCUT2D eigenvalue weighted by Crippen LogP contribution is 2.21. The number of amides is 1. The number of nitrogens with zero attached hydrogens (tertiary/aromatic N) is 1. The van der Waals surface area contributed by atoms with E-state index in [0.29, 0.717) is 25.1 Å². The molecule has 0 aliphatic carbocycles. The fourth-order valence-electron chi connectivity index (χ4n) is 2.33. The maximum absolute atomic E-state index is 11.9. The molecule has 2 atom stereocenters. The number of ketones is 1. The Morgan fingerprint density at radius 1 is 1.61 bits per heavy atom. The second-order valence-corrected chi connectivity index (χ2v) is 4.83. The Bertz CT molecular complexity index is 438. The minimum absolute atomic E-state index is 0.0698. The first-order valence-corrected chi connectivity index (χ1v) is 6.15. The van der Waals surface area contributed by atoms with Gasteiger partial charge in [-0.1, -0.05) is 6.08 Å². The van der Waals surface area contributed by atoms with Crippen LogP contribution in [-0.2, 0) is 9.59 Å². The molecule has 5 heteroatoms. The van der Waals surface area contributed by atoms with Gasteiger partial charge in [-0.3, -0.25) is 9.59 Å². The molecule has 2 heterocycles. The summed E-state index contributed by atoms with van der Waals surface area (Å²) in [6, 6.07) is 0. The molecule has 18 heavy (non-hydrogen) atoms. The molecule has 0 radical (unpaired) electrons. The molecule has 0 aromatic carbocycles. The van der Waals surface area contributed by atoms with Crippen LogP contribution in [-0.4, -0.2) is 40.5 Å². The van der Waals surface area contributed by atoms with Crippen molar-refractivity contribution in [3.8, 4) is 0 Å². The number of hydrogen-bond acceptors (Lipinski definition) is 4. The van der Waals surface area contributed by atoms with Gasteiger partial charge in [0.15, 0.2) is 0 Å². The Labute approximate surface area is 106 Å². The molecule has 1 fully saturated rings. The number of hydrogen-bond donors (Lipinski definition) is 2. The fourth-order valence-corrected chi connectivity index (χ4v) is 2.33. The van der Waals surface area contributed by atoms with Crippen LogP contribution in [0.3, 0.4) is 0 Å². The summed E-state index contributed by atoms with van der Waals surface area (Å²) in [7, 11) is 0. The van der Waals surface area contributed by atoms with Gasteiger partial charge in [0.1, 0.15) is 11.9 Å². The first-order valence-electron chi connectivity index (χ1n) is 6.15. The quantitative estimate of drug-likeness (QED) is 0.740. The number of rotatable bonds is 2. The zero-order valence-corrected chi connectivity index (χ0v) is 10.6. The molecular formula is C13H18N2O3. The van der Waals surface area contributed by atoms with Crippen molar-refractivity contribution in [1.82, 2.24) is 10.2 Å². The smallest absolute Gasteiger partial charge is 0.250 e. The topological polar surface area (TPSA) is 69.6 Å². The number of aliphatic hydroxyl groups excluding tert-OH is 1. The van der Waals surface area contributed by atoms with Gasteiger partial charge in [0, 0.05) is 31.2 Å². The van der Waals surface area contributed by atoms with Crippen LogP contribution in [0.15, 0.2) is 23.4 Å². The van der Waals surface area contributed by atoms with Gasteiger partial charge < -0.3 is 15.3 Å². The van der Waals surface area contributed by atoms with E-state index in [2.05, 4.69) is 5.32 Å². The monoisotopic (exact) mass is 250 g/mol. The zero-order valence-electron chi connectivity index (χ0n) is 10.6. The molecule has 0 bridgehead atoms. The van der Waals surface area contributed by atoms with E-state index >= 15 is 0 Å². The van der Waals surface area contributed by atoms with Crippen molar-refractivity contribution >= 4 is 11.7 Å². The fraction of sp³-hybridized carbons (Fsp3) is 0.538. The standard InChI is InChI=1S/C13H18N2O3/c1-8(5-9(2)16)11-7-13(18)15-4-3-10(17)6-12(15)14-11/h5,7,9,12,14,16H,3-4,6H2,1-2H3. The molecule has 2 aliphatic heterocycles. The summed E-state index contributed by atoms with van der Waals surface area (Å²) in [4.78, 5) is 25.1. The van der Waals surface area contributed by atoms with Crippen LogP contribution in [0, 0.1) is 0 Å². The molecule has 1 saturated heterocycles. The third-order valence-corrected chi connectivity index (χ3v) is 3.22. The molecule has 0 spiro atoms. The number of carbonyl (C=O) groups is 2. The summed E-state index contributed by atoms with van der Waals surface area (Å²) < 4.78 is 0. The summed E-state index contributed by atoms with van der Waals surface area (Å²) in [5.41, 5.74) is 1.51. The number of allylic oxidation sites excluding steroid dienone is 1. The van der Waals surface area contributed by atoms with Gasteiger partial charge in [0.2, 0.25) is 5.91 Å². The molecule has 0 aromatic heterocycles. The van der Waals surface area contributed by atoms with Gasteiger partial charge in [-0.15, -0.1) is 0 Å². The lowest BCUT2D eigenvalue weighted by molar-refractivity contribution is -0.135. The normalized spacial score (nSPS) is 26.4. The highest BCUT2D eigenvalue weighted by atomic mass is 16.3. The van der Waals surface area contributed by atoms with Gasteiger partial charge in [-0.05, 0) is 19.4 Å². The van der Waals surface area contributed by atoms with Crippen molar-refractivity contribution in [1.29, 1.82) is 0 Å². The van der Waals surface area contributed by atoms with Crippen molar-refractivity contribution in [3.63, 3.8) is 0 Å². The van der Waals surface area contributed by atoms with Gasteiger partial charge in [-0.25, -0.2) is 0 Å². The molecule has 2 rings (SSSR count). The summed E-state index contributed by atoms with van der Waals surface area (Å²) >= 11 is 0. The van der Waals surface area contributed by atoms with Crippen LogP contribution < -0.4 is 5.32 Å². The second kappa shape index (κ2) is 4.94. The van der Waals surface area contributed by atoms with Crippen molar-refractivity contribution in [2.75, 3.05) is 6.54 Å². The van der Waals surface area contributed by atoms with Crippen LogP contribution in [0.1, 0.15) is 26.7 Å². The number of piperidine rings is 1. The minimum atomic E-state index is -0.561. The Balaban J connectivity index is 2.20. The number of Topliss-reactive ketones (excluding diaryl/α,β-unsaturated/α-hetero) is 1. The maximum Gasteiger partial charge on any atom is 0.250 e. The van der Waals surface area contributed by atoms with Crippen molar-refractivity contribution in [2.45, 2.75) is 39.0 Å². The zero-order chi connectivity index (χ0) is 13.3. The van der Waals surface area contributed by atoms with E-state index < -0.39 is 6.10 Å². The van der Waals surface area contributed by atoms with Gasteiger partial charge >= 0.3 is 0 Å². The molecule has 2 unspecified atom stereocenters. The molecule has 0 aromatic rings. The molecule has 2 aliphatic rings. The van der Waals surface area contributed by atoms with E-state index in [4.69, 9.17) is 0 Å². The van der Waals surface area contributed by atoms with Crippen molar-refractivity contribution < 1.29 is 14.7 Å². The van der Waals surface area contributed by atoms with Crippen LogP contribution in [0.5, 0.6) is 0 Å². The average molecular weight is 250 g/mol. The Kier molecular flexibility index (Phi) is 3.52. The molecule has 1 amide bonds. The highest BCUT2D eigenvalue weighted by molar-refractivity contribution is 5.92. The second-order valence-electron chi connectivity index (χ2n) is 4.83. The highest BCUT2D eigenvalue weighted by Gasteiger charge is 2.33. The Hall–Kier alpha value is -1.62. The van der Waals surface area contributed by atoms with E-state index in [9.17, 15) is 14.7 Å². The van der Waals surface area contributed by atoms with E-state index in [-0.39, 0.29) is 17.9 Å². The molecular weight excluding hydrogens is 232 g/mol. The lowest BCUT2D eigenvalue weighted by Gasteiger charge is -2.39. The Morgan fingerprint density at radius 2 is 2.33 bits per heavy atom. The first kappa shape index (κ1) is 12.8. The van der Waals surface area contributed by atoms with E-state index in [0.717, 1.165) is 5.57 Å². The summed E-state index contributed by atoms with van der Waals surface area (Å²) in [5.74, 6) is 0.106. The lowest BCUT2D eigenvalue weighted by atomic mass is 10.0. The predicted molar refractivity (Wildman–Crippen MR) is 66.4 cm³/mol. The summed E-state index contributed by atoms with van der Waals surface area (Å²) in [6.45, 7) is 3.97. The third kappa shape index (κ3) is 2.61. The SMILES string of the molecule is CC(=CC(C)O)C1=CC(=O)N2CCC(=O)CC2N1. The maximum atomic E-state index is 11.9. The van der Waals surface area contributed by atoms with Crippen molar-refractivity contribution in [2.24, 2.45) is 0 Å². The van der Waals surface area contributed by atoms with Crippen LogP contribution in [0.2, 0.25) is 0 Å². The molecule has 5 nitrogen and oxygen atoms in total. The number of aliphatic hydroxyl groups is 1. The largest absolute Gasteiger partial charge is 0.389 e. The number of carbonyl (C=O) groups excluding carboxylic acids is 2. The molecule has 98 valence electrons. The summed E-state index contributed by atoms with van der Waals surface area (Å²) in [5, 5.41) is 12.5. The van der Waals surface area contributed by atoms with Crippen LogP contribution in [0.25, 0.3) is 0 Å².